The molecule has 2 rings (SSSR count). The molecule has 1 saturated heterocycles. The number of amides is 1. The van der Waals surface area contributed by atoms with Crippen LogP contribution in [0.2, 0.25) is 0 Å². The zero-order valence-corrected chi connectivity index (χ0v) is 14.7. The van der Waals surface area contributed by atoms with Gasteiger partial charge in [0.1, 0.15) is 5.75 Å². The largest absolute Gasteiger partial charge is 0.481 e. The van der Waals surface area contributed by atoms with E-state index in [1.54, 1.807) is 0 Å². The Morgan fingerprint density at radius 2 is 2.09 bits per heavy atom. The monoisotopic (exact) mass is 326 g/mol. The molecule has 0 bridgehead atoms. The van der Waals surface area contributed by atoms with Crippen LogP contribution in [0, 0.1) is 0 Å². The Balaban J connectivity index is 0.00000242. The molecule has 2 unspecified atom stereocenters. The number of ether oxygens (including phenoxy) is 1. The Morgan fingerprint density at radius 1 is 1.36 bits per heavy atom. The quantitative estimate of drug-likeness (QED) is 0.925. The first-order valence-electron chi connectivity index (χ1n) is 7.77. The smallest absolute Gasteiger partial charge is 0.263 e. The minimum absolute atomic E-state index is 0. The van der Waals surface area contributed by atoms with E-state index < -0.39 is 6.10 Å². The van der Waals surface area contributed by atoms with E-state index in [0.29, 0.717) is 5.92 Å². The number of rotatable bonds is 4. The molecule has 1 aromatic rings. The van der Waals surface area contributed by atoms with E-state index in [2.05, 4.69) is 32.2 Å². The molecule has 4 nitrogen and oxygen atoms in total. The zero-order valence-electron chi connectivity index (χ0n) is 13.8. The maximum atomic E-state index is 12.5. The van der Waals surface area contributed by atoms with Crippen molar-refractivity contribution in [1.82, 2.24) is 10.2 Å². The second-order valence-electron chi connectivity index (χ2n) is 6.07. The molecule has 1 fully saturated rings. The number of nitrogens with one attached hydrogen (secondary N) is 1. The third kappa shape index (κ3) is 4.62. The summed E-state index contributed by atoms with van der Waals surface area (Å²) in [5.41, 5.74) is 1.22. The van der Waals surface area contributed by atoms with Crippen LogP contribution in [-0.2, 0) is 4.79 Å². The summed E-state index contributed by atoms with van der Waals surface area (Å²) < 4.78 is 5.86. The van der Waals surface area contributed by atoms with Crippen LogP contribution in [0.5, 0.6) is 5.75 Å². The van der Waals surface area contributed by atoms with Crippen molar-refractivity contribution in [1.29, 1.82) is 0 Å². The highest BCUT2D eigenvalue weighted by molar-refractivity contribution is 5.85. The minimum atomic E-state index is -0.451. The summed E-state index contributed by atoms with van der Waals surface area (Å²) in [6.45, 7) is 10.6. The molecule has 2 atom stereocenters. The predicted octanol–water partition coefficient (Wildman–Crippen LogP) is 2.82. The first-order valence-corrected chi connectivity index (χ1v) is 7.77. The highest BCUT2D eigenvalue weighted by Gasteiger charge is 2.27. The summed E-state index contributed by atoms with van der Waals surface area (Å²) in [7, 11) is 0. The first-order chi connectivity index (χ1) is 9.99. The maximum Gasteiger partial charge on any atom is 0.263 e. The summed E-state index contributed by atoms with van der Waals surface area (Å²) in [5.74, 6) is 1.29. The van der Waals surface area contributed by atoms with E-state index in [1.807, 2.05) is 30.0 Å². The van der Waals surface area contributed by atoms with Crippen LogP contribution >= 0.6 is 12.4 Å². The van der Waals surface area contributed by atoms with Crippen LogP contribution in [0.4, 0.5) is 0 Å². The van der Waals surface area contributed by atoms with Crippen molar-refractivity contribution in [3.63, 3.8) is 0 Å². The molecule has 1 aliphatic rings. The Bertz CT molecular complexity index is 493. The summed E-state index contributed by atoms with van der Waals surface area (Å²) in [6, 6.07) is 8.23. The van der Waals surface area contributed by atoms with E-state index in [0.717, 1.165) is 25.4 Å². The number of piperazine rings is 1. The van der Waals surface area contributed by atoms with Gasteiger partial charge in [-0.3, -0.25) is 4.79 Å². The van der Waals surface area contributed by atoms with Gasteiger partial charge in [0.2, 0.25) is 0 Å². The van der Waals surface area contributed by atoms with Crippen LogP contribution in [0.25, 0.3) is 0 Å². The SMILES string of the molecule is CC(Oc1cccc(C(C)C)c1)C(=O)N1CCNCC1C.Cl. The molecule has 124 valence electrons. The fourth-order valence-corrected chi connectivity index (χ4v) is 2.60. The molecule has 5 heteroatoms. The van der Waals surface area contributed by atoms with Gasteiger partial charge in [-0.15, -0.1) is 12.4 Å². The lowest BCUT2D eigenvalue weighted by Crippen LogP contribution is -2.55. The summed E-state index contributed by atoms with van der Waals surface area (Å²) >= 11 is 0. The number of nitrogens with zero attached hydrogens (tertiary/aromatic N) is 1. The Morgan fingerprint density at radius 3 is 2.73 bits per heavy atom. The average molecular weight is 327 g/mol. The fourth-order valence-electron chi connectivity index (χ4n) is 2.60. The van der Waals surface area contributed by atoms with E-state index in [1.165, 1.54) is 5.56 Å². The fraction of sp³-hybridized carbons (Fsp3) is 0.588. The normalized spacial score (nSPS) is 19.5. The van der Waals surface area contributed by atoms with Gasteiger partial charge in [0, 0.05) is 25.7 Å². The Kier molecular flexibility index (Phi) is 7.17. The van der Waals surface area contributed by atoms with Crippen LogP contribution < -0.4 is 10.1 Å². The second-order valence-corrected chi connectivity index (χ2v) is 6.07. The van der Waals surface area contributed by atoms with Gasteiger partial charge in [-0.1, -0.05) is 26.0 Å². The standard InChI is InChI=1S/C17H26N2O2.ClH/c1-12(2)15-6-5-7-16(10-15)21-14(4)17(20)19-9-8-18-11-13(19)3;/h5-7,10,12-14,18H,8-9,11H2,1-4H3;1H. The third-order valence-electron chi connectivity index (χ3n) is 3.97. The number of carbonyl (C=O) groups is 1. The molecule has 1 amide bonds. The third-order valence-corrected chi connectivity index (χ3v) is 3.97. The lowest BCUT2D eigenvalue weighted by molar-refractivity contribution is -0.140. The summed E-state index contributed by atoms with van der Waals surface area (Å²) in [6.07, 6.45) is -0.451. The van der Waals surface area contributed by atoms with Crippen molar-refractivity contribution < 1.29 is 9.53 Å². The lowest BCUT2D eigenvalue weighted by atomic mass is 10.0. The molecule has 0 saturated carbocycles. The van der Waals surface area contributed by atoms with Crippen molar-refractivity contribution >= 4 is 18.3 Å². The first kappa shape index (κ1) is 18.8. The van der Waals surface area contributed by atoms with Gasteiger partial charge in [0.25, 0.3) is 5.91 Å². The van der Waals surface area contributed by atoms with Gasteiger partial charge in [0.15, 0.2) is 6.10 Å². The van der Waals surface area contributed by atoms with Gasteiger partial charge in [-0.05, 0) is 37.5 Å². The number of halogens is 1. The van der Waals surface area contributed by atoms with Crippen LogP contribution in [-0.4, -0.2) is 42.6 Å². The molecular formula is C17H27ClN2O2. The number of hydrogen-bond donors (Lipinski definition) is 1. The average Bonchev–Trinajstić information content (AvgIpc) is 2.47. The molecule has 22 heavy (non-hydrogen) atoms. The Labute approximate surface area is 139 Å². The van der Waals surface area contributed by atoms with Crippen molar-refractivity contribution in [2.24, 2.45) is 0 Å². The Hall–Kier alpha value is -1.26. The van der Waals surface area contributed by atoms with E-state index in [4.69, 9.17) is 4.74 Å². The van der Waals surface area contributed by atoms with E-state index >= 15 is 0 Å². The van der Waals surface area contributed by atoms with Gasteiger partial charge in [-0.2, -0.15) is 0 Å². The maximum absolute atomic E-state index is 12.5. The minimum Gasteiger partial charge on any atom is -0.481 e. The van der Waals surface area contributed by atoms with Gasteiger partial charge in [0.05, 0.1) is 0 Å². The zero-order chi connectivity index (χ0) is 15.4. The van der Waals surface area contributed by atoms with Crippen molar-refractivity contribution in [2.75, 3.05) is 19.6 Å². The lowest BCUT2D eigenvalue weighted by Gasteiger charge is -2.35. The molecule has 0 spiro atoms. The van der Waals surface area contributed by atoms with Crippen LogP contribution in [0.1, 0.15) is 39.2 Å². The van der Waals surface area contributed by atoms with E-state index in [-0.39, 0.29) is 24.4 Å². The van der Waals surface area contributed by atoms with E-state index in [9.17, 15) is 4.79 Å². The highest BCUT2D eigenvalue weighted by Crippen LogP contribution is 2.21. The molecule has 0 radical (unpaired) electrons. The van der Waals surface area contributed by atoms with Gasteiger partial charge >= 0.3 is 0 Å². The van der Waals surface area contributed by atoms with Gasteiger partial charge in [-0.25, -0.2) is 0 Å². The predicted molar refractivity (Wildman–Crippen MR) is 91.9 cm³/mol. The topological polar surface area (TPSA) is 41.6 Å². The molecule has 1 N–H and O–H groups in total. The number of carbonyl (C=O) groups excluding carboxylic acids is 1. The van der Waals surface area contributed by atoms with Crippen LogP contribution in [0.3, 0.4) is 0 Å². The van der Waals surface area contributed by atoms with Crippen molar-refractivity contribution in [3.8, 4) is 5.75 Å². The molecule has 0 aromatic heterocycles. The molecule has 0 aliphatic carbocycles. The summed E-state index contributed by atoms with van der Waals surface area (Å²) in [5, 5.41) is 3.29. The number of benzene rings is 1. The number of hydrogen-bond acceptors (Lipinski definition) is 3. The van der Waals surface area contributed by atoms with Crippen molar-refractivity contribution in [3.05, 3.63) is 29.8 Å². The molecule has 1 heterocycles. The molecule has 1 aromatic carbocycles. The van der Waals surface area contributed by atoms with Crippen LogP contribution in [0.15, 0.2) is 24.3 Å². The molecule has 1 aliphatic heterocycles. The second kappa shape index (κ2) is 8.39. The summed E-state index contributed by atoms with van der Waals surface area (Å²) in [4.78, 5) is 14.4. The van der Waals surface area contributed by atoms with Gasteiger partial charge < -0.3 is 15.0 Å². The van der Waals surface area contributed by atoms with Crippen molar-refractivity contribution in [2.45, 2.75) is 45.8 Å². The molecular weight excluding hydrogens is 300 g/mol. The highest BCUT2D eigenvalue weighted by atomic mass is 35.5.